The van der Waals surface area contributed by atoms with E-state index in [-0.39, 0.29) is 12.5 Å². The van der Waals surface area contributed by atoms with Crippen LogP contribution in [0.2, 0.25) is 0 Å². The second-order valence-corrected chi connectivity index (χ2v) is 6.59. The van der Waals surface area contributed by atoms with Crippen molar-refractivity contribution >= 4 is 21.6 Å². The SMILES string of the molecule is CCc1cc(C(=O)NCc2ccccc2NS(C)(=O)=O)n[nH]1. The number of sulfonamides is 1. The van der Waals surface area contributed by atoms with Crippen LogP contribution in [0.5, 0.6) is 0 Å². The summed E-state index contributed by atoms with van der Waals surface area (Å²) < 4.78 is 25.1. The van der Waals surface area contributed by atoms with Gasteiger partial charge in [0.25, 0.3) is 5.91 Å². The van der Waals surface area contributed by atoms with Crippen molar-refractivity contribution in [1.82, 2.24) is 15.5 Å². The summed E-state index contributed by atoms with van der Waals surface area (Å²) in [6.07, 6.45) is 1.85. The fourth-order valence-corrected chi connectivity index (χ4v) is 2.50. The minimum absolute atomic E-state index is 0.200. The molecule has 0 aliphatic heterocycles. The Hall–Kier alpha value is -2.35. The molecule has 0 saturated carbocycles. The van der Waals surface area contributed by atoms with E-state index in [4.69, 9.17) is 0 Å². The fourth-order valence-electron chi connectivity index (χ4n) is 1.90. The molecule has 3 N–H and O–H groups in total. The van der Waals surface area contributed by atoms with E-state index < -0.39 is 10.0 Å². The predicted octanol–water partition coefficient (Wildman–Crippen LogP) is 1.27. The van der Waals surface area contributed by atoms with E-state index in [0.717, 1.165) is 18.4 Å². The van der Waals surface area contributed by atoms with Gasteiger partial charge in [0.1, 0.15) is 5.69 Å². The summed E-state index contributed by atoms with van der Waals surface area (Å²) in [7, 11) is -3.37. The van der Waals surface area contributed by atoms with E-state index in [1.165, 1.54) is 0 Å². The molecule has 0 radical (unpaired) electrons. The highest BCUT2D eigenvalue weighted by Gasteiger charge is 2.11. The normalized spacial score (nSPS) is 11.2. The van der Waals surface area contributed by atoms with Crippen LogP contribution in [-0.4, -0.2) is 30.8 Å². The van der Waals surface area contributed by atoms with Crippen LogP contribution in [0, 0.1) is 0 Å². The van der Waals surface area contributed by atoms with Crippen molar-refractivity contribution in [3.05, 3.63) is 47.3 Å². The van der Waals surface area contributed by atoms with Crippen LogP contribution in [0.4, 0.5) is 5.69 Å². The van der Waals surface area contributed by atoms with Crippen molar-refractivity contribution in [3.8, 4) is 0 Å². The third kappa shape index (κ3) is 4.32. The van der Waals surface area contributed by atoms with Crippen molar-refractivity contribution in [3.63, 3.8) is 0 Å². The van der Waals surface area contributed by atoms with Gasteiger partial charge in [-0.15, -0.1) is 0 Å². The Morgan fingerprint density at radius 3 is 2.68 bits per heavy atom. The smallest absolute Gasteiger partial charge is 0.272 e. The lowest BCUT2D eigenvalue weighted by Gasteiger charge is -2.11. The first kappa shape index (κ1) is 16.0. The Morgan fingerprint density at radius 2 is 2.05 bits per heavy atom. The average Bonchev–Trinajstić information content (AvgIpc) is 2.93. The Morgan fingerprint density at radius 1 is 1.32 bits per heavy atom. The average molecular weight is 322 g/mol. The summed E-state index contributed by atoms with van der Waals surface area (Å²) in [5, 5.41) is 9.43. The molecule has 0 aliphatic rings. The number of amides is 1. The summed E-state index contributed by atoms with van der Waals surface area (Å²) in [6, 6.07) is 8.58. The Balaban J connectivity index is 2.06. The lowest BCUT2D eigenvalue weighted by atomic mass is 10.2. The van der Waals surface area contributed by atoms with Crippen LogP contribution in [-0.2, 0) is 23.0 Å². The molecule has 2 rings (SSSR count). The van der Waals surface area contributed by atoms with Crippen LogP contribution in [0.25, 0.3) is 0 Å². The standard InChI is InChI=1S/C14H18N4O3S/c1-3-11-8-13(17-16-11)14(19)15-9-10-6-4-5-7-12(10)18-22(2,20)21/h4-8,18H,3,9H2,1-2H3,(H,15,19)(H,16,17). The lowest BCUT2D eigenvalue weighted by molar-refractivity contribution is 0.0946. The van der Waals surface area contributed by atoms with Crippen LogP contribution in [0.1, 0.15) is 28.7 Å². The van der Waals surface area contributed by atoms with Crippen LogP contribution >= 0.6 is 0 Å². The number of benzene rings is 1. The molecule has 0 atom stereocenters. The van der Waals surface area contributed by atoms with E-state index in [1.54, 1.807) is 30.3 Å². The molecule has 0 unspecified atom stereocenters. The Bertz CT molecular complexity index is 768. The summed E-state index contributed by atoms with van der Waals surface area (Å²) in [5.74, 6) is -0.315. The molecule has 0 spiro atoms. The molecule has 118 valence electrons. The number of para-hydroxylation sites is 1. The highest BCUT2D eigenvalue weighted by Crippen LogP contribution is 2.16. The van der Waals surface area contributed by atoms with Crippen LogP contribution in [0.3, 0.4) is 0 Å². The summed E-state index contributed by atoms with van der Waals surface area (Å²) in [5.41, 5.74) is 2.31. The number of carbonyl (C=O) groups excluding carboxylic acids is 1. The minimum Gasteiger partial charge on any atom is -0.346 e. The number of hydrogen-bond acceptors (Lipinski definition) is 4. The first-order chi connectivity index (χ1) is 10.4. The molecule has 0 bridgehead atoms. The monoisotopic (exact) mass is 322 g/mol. The zero-order valence-corrected chi connectivity index (χ0v) is 13.2. The Kier molecular flexibility index (Phi) is 4.81. The van der Waals surface area contributed by atoms with Crippen molar-refractivity contribution in [2.45, 2.75) is 19.9 Å². The van der Waals surface area contributed by atoms with Gasteiger partial charge in [-0.05, 0) is 24.1 Å². The highest BCUT2D eigenvalue weighted by molar-refractivity contribution is 7.92. The fraction of sp³-hybridized carbons (Fsp3) is 0.286. The van der Waals surface area contributed by atoms with Gasteiger partial charge in [0, 0.05) is 12.2 Å². The van der Waals surface area contributed by atoms with Crippen LogP contribution in [0.15, 0.2) is 30.3 Å². The highest BCUT2D eigenvalue weighted by atomic mass is 32.2. The van der Waals surface area contributed by atoms with E-state index in [1.807, 2.05) is 6.92 Å². The maximum Gasteiger partial charge on any atom is 0.272 e. The number of carbonyl (C=O) groups is 1. The molecule has 1 heterocycles. The number of nitrogens with one attached hydrogen (secondary N) is 3. The largest absolute Gasteiger partial charge is 0.346 e. The first-order valence-electron chi connectivity index (χ1n) is 6.77. The van der Waals surface area contributed by atoms with Crippen molar-refractivity contribution < 1.29 is 13.2 Å². The van der Waals surface area contributed by atoms with Gasteiger partial charge in [0.2, 0.25) is 10.0 Å². The van der Waals surface area contributed by atoms with Crippen molar-refractivity contribution in [1.29, 1.82) is 0 Å². The molecule has 0 saturated heterocycles. The van der Waals surface area contributed by atoms with E-state index in [0.29, 0.717) is 16.9 Å². The number of aromatic nitrogens is 2. The molecule has 7 nitrogen and oxygen atoms in total. The number of H-pyrrole nitrogens is 1. The molecular formula is C14H18N4O3S. The number of hydrogen-bond donors (Lipinski definition) is 3. The molecule has 8 heteroatoms. The van der Waals surface area contributed by atoms with Gasteiger partial charge in [-0.3, -0.25) is 14.6 Å². The van der Waals surface area contributed by atoms with Gasteiger partial charge in [-0.2, -0.15) is 5.10 Å². The number of aromatic amines is 1. The number of rotatable bonds is 6. The molecule has 0 fully saturated rings. The summed E-state index contributed by atoms with van der Waals surface area (Å²) in [6.45, 7) is 2.16. The van der Waals surface area contributed by atoms with Crippen molar-refractivity contribution in [2.24, 2.45) is 0 Å². The van der Waals surface area contributed by atoms with E-state index >= 15 is 0 Å². The molecule has 1 aromatic carbocycles. The van der Waals surface area contributed by atoms with Gasteiger partial charge in [0.15, 0.2) is 0 Å². The van der Waals surface area contributed by atoms with E-state index in [9.17, 15) is 13.2 Å². The molecule has 0 aliphatic carbocycles. The minimum atomic E-state index is -3.37. The molecule has 2 aromatic rings. The van der Waals surface area contributed by atoms with Crippen molar-refractivity contribution in [2.75, 3.05) is 11.0 Å². The topological polar surface area (TPSA) is 104 Å². The van der Waals surface area contributed by atoms with Gasteiger partial charge < -0.3 is 5.32 Å². The van der Waals surface area contributed by atoms with Gasteiger partial charge >= 0.3 is 0 Å². The third-order valence-electron chi connectivity index (χ3n) is 3.00. The second-order valence-electron chi connectivity index (χ2n) is 4.85. The molecule has 1 aromatic heterocycles. The second kappa shape index (κ2) is 6.61. The van der Waals surface area contributed by atoms with Crippen LogP contribution < -0.4 is 10.0 Å². The van der Waals surface area contributed by atoms with Gasteiger partial charge in [0.05, 0.1) is 11.9 Å². The molecular weight excluding hydrogens is 304 g/mol. The maximum absolute atomic E-state index is 12.0. The Labute approximate surface area is 129 Å². The summed E-state index contributed by atoms with van der Waals surface area (Å²) >= 11 is 0. The molecule has 22 heavy (non-hydrogen) atoms. The van der Waals surface area contributed by atoms with Gasteiger partial charge in [-0.25, -0.2) is 8.42 Å². The number of aryl methyl sites for hydroxylation is 1. The zero-order valence-electron chi connectivity index (χ0n) is 12.4. The zero-order chi connectivity index (χ0) is 16.2. The number of nitrogens with zero attached hydrogens (tertiary/aromatic N) is 1. The summed E-state index contributed by atoms with van der Waals surface area (Å²) in [4.78, 5) is 12.0. The van der Waals surface area contributed by atoms with E-state index in [2.05, 4.69) is 20.2 Å². The molecule has 1 amide bonds. The third-order valence-corrected chi connectivity index (χ3v) is 3.59. The quantitative estimate of drug-likeness (QED) is 0.745. The maximum atomic E-state index is 12.0. The van der Waals surface area contributed by atoms with Gasteiger partial charge in [-0.1, -0.05) is 25.1 Å². The number of anilines is 1. The predicted molar refractivity (Wildman–Crippen MR) is 84.0 cm³/mol. The lowest BCUT2D eigenvalue weighted by Crippen LogP contribution is -2.24. The first-order valence-corrected chi connectivity index (χ1v) is 8.66.